The highest BCUT2D eigenvalue weighted by Gasteiger charge is 2.10. The Labute approximate surface area is 197 Å². The van der Waals surface area contributed by atoms with E-state index in [9.17, 15) is 4.79 Å². The van der Waals surface area contributed by atoms with E-state index in [-0.39, 0.29) is 11.7 Å². The highest BCUT2D eigenvalue weighted by atomic mass is 35.5. The van der Waals surface area contributed by atoms with E-state index >= 15 is 0 Å². The molecular weight excluding hydrogens is 479 g/mol. The minimum Gasteiger partial charge on any atom is -0.272 e. The Morgan fingerprint density at radius 1 is 1.10 bits per heavy atom. The lowest BCUT2D eigenvalue weighted by molar-refractivity contribution is -0.118. The van der Waals surface area contributed by atoms with Gasteiger partial charge in [0.15, 0.2) is 8.68 Å². The van der Waals surface area contributed by atoms with Crippen LogP contribution in [0, 0.1) is 6.92 Å². The van der Waals surface area contributed by atoms with Gasteiger partial charge in [0.25, 0.3) is 5.91 Å². The number of nitrogens with zero attached hydrogens (tertiary/aromatic N) is 3. The number of aryl methyl sites for hydroxylation is 1. The predicted octanol–water partition coefficient (Wildman–Crippen LogP) is 6.08. The Kier molecular flexibility index (Phi) is 8.59. The van der Waals surface area contributed by atoms with Crippen LogP contribution in [0.1, 0.15) is 23.6 Å². The zero-order chi connectivity index (χ0) is 21.5. The van der Waals surface area contributed by atoms with Gasteiger partial charge in [-0.05, 0) is 31.5 Å². The maximum atomic E-state index is 12.1. The minimum atomic E-state index is -0.228. The Balaban J connectivity index is 1.46. The second-order valence-electron chi connectivity index (χ2n) is 6.25. The van der Waals surface area contributed by atoms with Crippen LogP contribution in [0.25, 0.3) is 0 Å². The number of thioether (sulfide) groups is 2. The van der Waals surface area contributed by atoms with Gasteiger partial charge in [-0.2, -0.15) is 5.10 Å². The first-order valence-electron chi connectivity index (χ1n) is 8.84. The summed E-state index contributed by atoms with van der Waals surface area (Å²) in [5.41, 5.74) is 6.34. The molecular formula is C20H18Cl2N4OS3. The number of benzene rings is 2. The van der Waals surface area contributed by atoms with Crippen LogP contribution in [0.3, 0.4) is 0 Å². The lowest BCUT2D eigenvalue weighted by Crippen LogP contribution is -2.21. The van der Waals surface area contributed by atoms with Gasteiger partial charge >= 0.3 is 0 Å². The Hall–Kier alpha value is -1.58. The third kappa shape index (κ3) is 6.99. The average molecular weight is 497 g/mol. The van der Waals surface area contributed by atoms with Crippen molar-refractivity contribution in [2.24, 2.45) is 5.10 Å². The summed E-state index contributed by atoms with van der Waals surface area (Å²) in [7, 11) is 0. The number of nitrogens with one attached hydrogen (secondary N) is 1. The van der Waals surface area contributed by atoms with Crippen molar-refractivity contribution < 1.29 is 4.79 Å². The molecule has 1 aromatic heterocycles. The monoisotopic (exact) mass is 496 g/mol. The van der Waals surface area contributed by atoms with E-state index in [4.69, 9.17) is 23.2 Å². The molecule has 0 bridgehead atoms. The maximum absolute atomic E-state index is 12.1. The van der Waals surface area contributed by atoms with Gasteiger partial charge in [-0.25, -0.2) is 5.43 Å². The molecule has 3 rings (SSSR count). The number of rotatable bonds is 8. The summed E-state index contributed by atoms with van der Waals surface area (Å²) >= 11 is 16.5. The zero-order valence-corrected chi connectivity index (χ0v) is 20.1. The standard InChI is InChI=1S/C20H18Cl2N4OS3/c1-12-3-5-14(6-4-12)10-28-19-25-26-20(30-19)29-11-18(27)24-23-13(2)16-8-7-15(21)9-17(16)22/h3-9H,10-11H2,1-2H3,(H,24,27)/b23-13-. The van der Waals surface area contributed by atoms with E-state index in [0.717, 1.165) is 14.4 Å². The van der Waals surface area contributed by atoms with Crippen molar-refractivity contribution >= 4 is 69.7 Å². The molecule has 156 valence electrons. The second kappa shape index (κ2) is 11.2. The van der Waals surface area contributed by atoms with Crippen LogP contribution in [0.15, 0.2) is 56.2 Å². The van der Waals surface area contributed by atoms with E-state index in [1.807, 2.05) is 0 Å². The number of aromatic nitrogens is 2. The number of amides is 1. The lowest BCUT2D eigenvalue weighted by atomic mass is 10.1. The summed E-state index contributed by atoms with van der Waals surface area (Å²) < 4.78 is 1.63. The molecule has 0 fully saturated rings. The summed E-state index contributed by atoms with van der Waals surface area (Å²) in [6, 6.07) is 13.6. The number of hydrogen-bond acceptors (Lipinski definition) is 7. The van der Waals surface area contributed by atoms with Crippen molar-refractivity contribution in [2.45, 2.75) is 28.3 Å². The van der Waals surface area contributed by atoms with E-state index in [2.05, 4.69) is 51.9 Å². The number of hydrazone groups is 1. The minimum absolute atomic E-state index is 0.197. The Morgan fingerprint density at radius 2 is 1.80 bits per heavy atom. The molecule has 0 atom stereocenters. The Bertz CT molecular complexity index is 1050. The SMILES string of the molecule is C/C(=N/NC(=O)CSc1nnc(SCc2ccc(C)cc2)s1)c1ccc(Cl)cc1Cl. The number of halogens is 2. The van der Waals surface area contributed by atoms with Gasteiger partial charge in [-0.15, -0.1) is 10.2 Å². The molecule has 10 heteroatoms. The van der Waals surface area contributed by atoms with Crippen LogP contribution in [-0.2, 0) is 10.5 Å². The fraction of sp³-hybridized carbons (Fsp3) is 0.200. The predicted molar refractivity (Wildman–Crippen MR) is 128 cm³/mol. The van der Waals surface area contributed by atoms with Gasteiger partial charge in [-0.3, -0.25) is 4.79 Å². The first kappa shape index (κ1) is 23.1. The van der Waals surface area contributed by atoms with Gasteiger partial charge in [-0.1, -0.05) is 94.0 Å². The van der Waals surface area contributed by atoms with Crippen molar-refractivity contribution in [3.8, 4) is 0 Å². The molecule has 5 nitrogen and oxygen atoms in total. The molecule has 1 N–H and O–H groups in total. The summed E-state index contributed by atoms with van der Waals surface area (Å²) in [5.74, 6) is 0.803. The fourth-order valence-corrected chi connectivity index (χ4v) is 5.61. The molecule has 0 radical (unpaired) electrons. The second-order valence-corrected chi connectivity index (χ2v) is 10.5. The molecule has 1 heterocycles. The third-order valence-electron chi connectivity index (χ3n) is 3.87. The van der Waals surface area contributed by atoms with E-state index < -0.39 is 0 Å². The van der Waals surface area contributed by atoms with E-state index in [1.54, 1.807) is 36.9 Å². The smallest absolute Gasteiger partial charge is 0.250 e. The molecule has 2 aromatic carbocycles. The van der Waals surface area contributed by atoms with E-state index in [1.165, 1.54) is 34.2 Å². The number of carbonyl (C=O) groups excluding carboxylic acids is 1. The maximum Gasteiger partial charge on any atom is 0.250 e. The molecule has 30 heavy (non-hydrogen) atoms. The molecule has 0 spiro atoms. The third-order valence-corrected chi connectivity index (χ3v) is 7.68. The summed E-state index contributed by atoms with van der Waals surface area (Å²) in [6.45, 7) is 3.84. The van der Waals surface area contributed by atoms with Crippen molar-refractivity contribution in [2.75, 3.05) is 5.75 Å². The highest BCUT2D eigenvalue weighted by Crippen LogP contribution is 2.30. The van der Waals surface area contributed by atoms with Crippen molar-refractivity contribution in [3.05, 3.63) is 69.2 Å². The molecule has 0 aliphatic heterocycles. The van der Waals surface area contributed by atoms with Gasteiger partial charge in [0, 0.05) is 16.3 Å². The highest BCUT2D eigenvalue weighted by molar-refractivity contribution is 8.03. The first-order valence-corrected chi connectivity index (χ1v) is 12.4. The molecule has 0 unspecified atom stereocenters. The van der Waals surface area contributed by atoms with Crippen LogP contribution in [-0.4, -0.2) is 27.6 Å². The van der Waals surface area contributed by atoms with Gasteiger partial charge < -0.3 is 0 Å². The van der Waals surface area contributed by atoms with Gasteiger partial charge in [0.2, 0.25) is 0 Å². The molecule has 1 amide bonds. The van der Waals surface area contributed by atoms with Gasteiger partial charge in [0.1, 0.15) is 0 Å². The van der Waals surface area contributed by atoms with Crippen LogP contribution < -0.4 is 5.43 Å². The van der Waals surface area contributed by atoms with Crippen LogP contribution in [0.5, 0.6) is 0 Å². The molecule has 0 aliphatic carbocycles. The normalized spacial score (nSPS) is 11.5. The van der Waals surface area contributed by atoms with Crippen LogP contribution >= 0.6 is 58.1 Å². The average Bonchev–Trinajstić information content (AvgIpc) is 3.18. The number of carbonyl (C=O) groups is 1. The van der Waals surface area contributed by atoms with Gasteiger partial charge in [0.05, 0.1) is 16.5 Å². The topological polar surface area (TPSA) is 67.2 Å². The molecule has 0 aliphatic rings. The molecule has 0 saturated carbocycles. The molecule has 0 saturated heterocycles. The summed E-state index contributed by atoms with van der Waals surface area (Å²) in [5, 5.41) is 13.5. The zero-order valence-electron chi connectivity index (χ0n) is 16.2. The number of hydrogen-bond donors (Lipinski definition) is 1. The Morgan fingerprint density at radius 3 is 2.50 bits per heavy atom. The van der Waals surface area contributed by atoms with Crippen molar-refractivity contribution in [1.82, 2.24) is 15.6 Å². The first-order chi connectivity index (χ1) is 14.4. The summed E-state index contributed by atoms with van der Waals surface area (Å²) in [4.78, 5) is 12.1. The van der Waals surface area contributed by atoms with Crippen molar-refractivity contribution in [1.29, 1.82) is 0 Å². The van der Waals surface area contributed by atoms with Crippen LogP contribution in [0.2, 0.25) is 10.0 Å². The fourth-order valence-electron chi connectivity index (χ4n) is 2.29. The molecule has 3 aromatic rings. The van der Waals surface area contributed by atoms with Crippen LogP contribution in [0.4, 0.5) is 0 Å². The lowest BCUT2D eigenvalue weighted by Gasteiger charge is -2.05. The van der Waals surface area contributed by atoms with E-state index in [0.29, 0.717) is 21.3 Å². The quantitative estimate of drug-likeness (QED) is 0.232. The van der Waals surface area contributed by atoms with Crippen molar-refractivity contribution in [3.63, 3.8) is 0 Å². The largest absolute Gasteiger partial charge is 0.272 e. The summed E-state index contributed by atoms with van der Waals surface area (Å²) in [6.07, 6.45) is 0.